The summed E-state index contributed by atoms with van der Waals surface area (Å²) in [5.41, 5.74) is 1.12. The molecule has 7 nitrogen and oxygen atoms in total. The molecular formula is C19H19ClN2O5. The topological polar surface area (TPSA) is 93.7 Å². The Morgan fingerprint density at radius 3 is 2.07 bits per heavy atom. The number of carbonyl (C=O) groups is 3. The highest BCUT2D eigenvalue weighted by atomic mass is 35.5. The largest absolute Gasteiger partial charge is 0.482 e. The second-order valence-electron chi connectivity index (χ2n) is 5.62. The van der Waals surface area contributed by atoms with E-state index in [9.17, 15) is 14.4 Å². The first-order valence-corrected chi connectivity index (χ1v) is 8.47. The Morgan fingerprint density at radius 1 is 0.963 bits per heavy atom. The quantitative estimate of drug-likeness (QED) is 0.708. The van der Waals surface area contributed by atoms with Crippen LogP contribution in [0.15, 0.2) is 48.5 Å². The van der Waals surface area contributed by atoms with Crippen molar-refractivity contribution in [3.63, 3.8) is 0 Å². The minimum Gasteiger partial charge on any atom is -0.482 e. The molecule has 0 spiro atoms. The molecule has 27 heavy (non-hydrogen) atoms. The molecule has 0 bridgehead atoms. The van der Waals surface area contributed by atoms with Crippen molar-refractivity contribution in [3.05, 3.63) is 53.6 Å². The van der Waals surface area contributed by atoms with Crippen LogP contribution < -0.4 is 15.4 Å². The maximum atomic E-state index is 12.1. The number of anilines is 2. The van der Waals surface area contributed by atoms with Gasteiger partial charge in [-0.2, -0.15) is 0 Å². The van der Waals surface area contributed by atoms with Crippen LogP contribution in [0.4, 0.5) is 11.4 Å². The van der Waals surface area contributed by atoms with Crippen LogP contribution in [0.1, 0.15) is 13.8 Å². The lowest BCUT2D eigenvalue weighted by Gasteiger charge is -2.14. The Bertz CT molecular complexity index is 806. The molecule has 0 aliphatic heterocycles. The van der Waals surface area contributed by atoms with Gasteiger partial charge >= 0.3 is 5.97 Å². The van der Waals surface area contributed by atoms with Gasteiger partial charge in [-0.3, -0.25) is 9.59 Å². The van der Waals surface area contributed by atoms with Crippen molar-refractivity contribution in [2.75, 3.05) is 17.2 Å². The number of ether oxygens (including phenoxy) is 2. The number of hydrogen-bond acceptors (Lipinski definition) is 5. The number of benzene rings is 2. The van der Waals surface area contributed by atoms with Crippen LogP contribution in [0.3, 0.4) is 0 Å². The molecule has 2 aromatic carbocycles. The van der Waals surface area contributed by atoms with E-state index in [0.717, 1.165) is 0 Å². The van der Waals surface area contributed by atoms with Crippen LogP contribution in [0.25, 0.3) is 0 Å². The van der Waals surface area contributed by atoms with Gasteiger partial charge in [0.1, 0.15) is 5.75 Å². The highest BCUT2D eigenvalue weighted by Gasteiger charge is 2.18. The van der Waals surface area contributed by atoms with Crippen LogP contribution in [0.5, 0.6) is 5.75 Å². The fourth-order valence-corrected chi connectivity index (χ4v) is 2.17. The Morgan fingerprint density at radius 2 is 1.52 bits per heavy atom. The monoisotopic (exact) mass is 390 g/mol. The lowest BCUT2D eigenvalue weighted by Crippen LogP contribution is -2.31. The van der Waals surface area contributed by atoms with Gasteiger partial charge in [-0.25, -0.2) is 4.79 Å². The number of hydrogen-bond donors (Lipinski definition) is 2. The maximum Gasteiger partial charge on any atom is 0.344 e. The zero-order chi connectivity index (χ0) is 19.8. The summed E-state index contributed by atoms with van der Waals surface area (Å²) in [5, 5.41) is 5.80. The molecule has 0 saturated carbocycles. The van der Waals surface area contributed by atoms with Gasteiger partial charge in [0.2, 0.25) is 5.91 Å². The highest BCUT2D eigenvalue weighted by molar-refractivity contribution is 6.30. The first kappa shape index (κ1) is 20.3. The standard InChI is InChI=1S/C19H19ClN2O5/c1-12(27-18(24)11-26-17-9-3-14(20)4-10-17)19(25)22-16-7-5-15(6-8-16)21-13(2)23/h3-10,12H,11H2,1-2H3,(H,21,23)(H,22,25). The summed E-state index contributed by atoms with van der Waals surface area (Å²) in [6.07, 6.45) is -0.999. The second kappa shape index (κ2) is 9.59. The fourth-order valence-electron chi connectivity index (χ4n) is 2.04. The van der Waals surface area contributed by atoms with Crippen molar-refractivity contribution in [3.8, 4) is 5.75 Å². The molecule has 1 unspecified atom stereocenters. The van der Waals surface area contributed by atoms with E-state index in [0.29, 0.717) is 22.1 Å². The van der Waals surface area contributed by atoms with Gasteiger partial charge in [0.05, 0.1) is 0 Å². The molecule has 2 N–H and O–H groups in total. The molecule has 0 aromatic heterocycles. The molecule has 2 aromatic rings. The summed E-state index contributed by atoms with van der Waals surface area (Å²) in [7, 11) is 0. The third-order valence-electron chi connectivity index (χ3n) is 3.32. The van der Waals surface area contributed by atoms with E-state index in [2.05, 4.69) is 10.6 Å². The van der Waals surface area contributed by atoms with E-state index in [1.165, 1.54) is 13.8 Å². The number of amides is 2. The first-order chi connectivity index (χ1) is 12.8. The Hall–Kier alpha value is -3.06. The fraction of sp³-hybridized carbons (Fsp3) is 0.211. The zero-order valence-electron chi connectivity index (χ0n) is 14.8. The van der Waals surface area contributed by atoms with E-state index >= 15 is 0 Å². The number of nitrogens with one attached hydrogen (secondary N) is 2. The smallest absolute Gasteiger partial charge is 0.344 e. The molecule has 0 fully saturated rings. The summed E-state index contributed by atoms with van der Waals surface area (Å²) in [4.78, 5) is 34.9. The molecule has 8 heteroatoms. The normalized spacial score (nSPS) is 11.2. The van der Waals surface area contributed by atoms with Crippen LogP contribution in [-0.4, -0.2) is 30.5 Å². The molecule has 0 radical (unpaired) electrons. The second-order valence-corrected chi connectivity index (χ2v) is 6.06. The van der Waals surface area contributed by atoms with Crippen molar-refractivity contribution in [1.82, 2.24) is 0 Å². The van der Waals surface area contributed by atoms with Gasteiger partial charge in [0.15, 0.2) is 12.7 Å². The van der Waals surface area contributed by atoms with Crippen molar-refractivity contribution in [2.45, 2.75) is 20.0 Å². The molecule has 0 aliphatic carbocycles. The van der Waals surface area contributed by atoms with E-state index < -0.39 is 18.0 Å². The highest BCUT2D eigenvalue weighted by Crippen LogP contribution is 2.16. The van der Waals surface area contributed by atoms with Gasteiger partial charge in [0, 0.05) is 23.3 Å². The number of rotatable bonds is 7. The minimum absolute atomic E-state index is 0.187. The Kier molecular flexibility index (Phi) is 7.19. The molecule has 1 atom stereocenters. The van der Waals surface area contributed by atoms with Gasteiger partial charge in [-0.1, -0.05) is 11.6 Å². The molecule has 2 amide bonds. The lowest BCUT2D eigenvalue weighted by molar-refractivity contribution is -0.155. The minimum atomic E-state index is -0.999. The van der Waals surface area contributed by atoms with Crippen LogP contribution in [0.2, 0.25) is 5.02 Å². The molecule has 2 rings (SSSR count). The average molecular weight is 391 g/mol. The average Bonchev–Trinajstić information content (AvgIpc) is 2.62. The van der Waals surface area contributed by atoms with Crippen molar-refractivity contribution in [1.29, 1.82) is 0 Å². The van der Waals surface area contributed by atoms with E-state index in [4.69, 9.17) is 21.1 Å². The zero-order valence-corrected chi connectivity index (χ0v) is 15.6. The number of carbonyl (C=O) groups excluding carboxylic acids is 3. The third kappa shape index (κ3) is 6.99. The Labute approximate surface area is 161 Å². The predicted octanol–water partition coefficient (Wildman–Crippen LogP) is 3.25. The molecule has 142 valence electrons. The van der Waals surface area contributed by atoms with E-state index in [-0.39, 0.29) is 12.5 Å². The summed E-state index contributed by atoms with van der Waals surface area (Å²) in [5.74, 6) is -0.878. The van der Waals surface area contributed by atoms with Crippen molar-refractivity contribution >= 4 is 40.8 Å². The van der Waals surface area contributed by atoms with Crippen LogP contribution in [0, 0.1) is 0 Å². The van der Waals surface area contributed by atoms with E-state index in [1.54, 1.807) is 48.5 Å². The summed E-state index contributed by atoms with van der Waals surface area (Å²) >= 11 is 5.77. The maximum absolute atomic E-state index is 12.1. The van der Waals surface area contributed by atoms with Gasteiger partial charge in [0.25, 0.3) is 5.91 Å². The van der Waals surface area contributed by atoms with Crippen LogP contribution in [-0.2, 0) is 19.1 Å². The van der Waals surface area contributed by atoms with Crippen molar-refractivity contribution < 1.29 is 23.9 Å². The summed E-state index contributed by atoms with van der Waals surface area (Å²) < 4.78 is 10.3. The molecule has 0 heterocycles. The SMILES string of the molecule is CC(=O)Nc1ccc(NC(=O)C(C)OC(=O)COc2ccc(Cl)cc2)cc1. The third-order valence-corrected chi connectivity index (χ3v) is 3.57. The predicted molar refractivity (Wildman–Crippen MR) is 102 cm³/mol. The lowest BCUT2D eigenvalue weighted by atomic mass is 10.2. The Balaban J connectivity index is 1.79. The van der Waals surface area contributed by atoms with Gasteiger partial charge in [-0.05, 0) is 55.5 Å². The van der Waals surface area contributed by atoms with E-state index in [1.807, 2.05) is 0 Å². The molecule has 0 saturated heterocycles. The van der Waals surface area contributed by atoms with Crippen molar-refractivity contribution in [2.24, 2.45) is 0 Å². The van der Waals surface area contributed by atoms with Crippen LogP contribution >= 0.6 is 11.6 Å². The summed E-state index contributed by atoms with van der Waals surface area (Å²) in [6, 6.07) is 13.1. The van der Waals surface area contributed by atoms with Gasteiger partial charge in [-0.15, -0.1) is 0 Å². The first-order valence-electron chi connectivity index (χ1n) is 8.10. The summed E-state index contributed by atoms with van der Waals surface area (Å²) in [6.45, 7) is 2.54. The number of halogens is 1. The number of esters is 1. The molecular weight excluding hydrogens is 372 g/mol. The van der Waals surface area contributed by atoms with Gasteiger partial charge < -0.3 is 20.1 Å². The molecule has 0 aliphatic rings.